The number of para-hydroxylation sites is 1. The zero-order valence-electron chi connectivity index (χ0n) is 20.7. The molecular formula is C29H44N2O2. The zero-order valence-corrected chi connectivity index (χ0v) is 20.7. The van der Waals surface area contributed by atoms with Crippen LogP contribution in [0.5, 0.6) is 0 Å². The van der Waals surface area contributed by atoms with E-state index in [4.69, 9.17) is 4.74 Å². The first kappa shape index (κ1) is 23.2. The molecule has 1 aromatic carbocycles. The summed E-state index contributed by atoms with van der Waals surface area (Å²) in [6, 6.07) is 11.8. The number of rotatable bonds is 4. The number of carbonyl (C=O) groups excluding carboxylic acids is 1. The molecule has 1 aromatic rings. The average Bonchev–Trinajstić information content (AvgIpc) is 3.20. The molecule has 4 heteroatoms. The highest BCUT2D eigenvalue weighted by atomic mass is 16.5. The highest BCUT2D eigenvalue weighted by Crippen LogP contribution is 2.45. The molecule has 3 fully saturated rings. The van der Waals surface area contributed by atoms with Crippen LogP contribution in [0.3, 0.4) is 0 Å². The van der Waals surface area contributed by atoms with Crippen molar-refractivity contribution >= 4 is 11.7 Å². The molecule has 1 saturated carbocycles. The quantitative estimate of drug-likeness (QED) is 0.493. The van der Waals surface area contributed by atoms with Gasteiger partial charge >= 0.3 is 5.97 Å². The van der Waals surface area contributed by atoms with E-state index in [2.05, 4.69) is 34.1 Å². The third-order valence-electron chi connectivity index (χ3n) is 9.19. The van der Waals surface area contributed by atoms with Crippen molar-refractivity contribution in [1.29, 1.82) is 0 Å². The number of anilines is 1. The Morgan fingerprint density at radius 1 is 0.818 bits per heavy atom. The summed E-state index contributed by atoms with van der Waals surface area (Å²) in [4.78, 5) is 17.8. The summed E-state index contributed by atoms with van der Waals surface area (Å²) in [6.07, 6.45) is 20.2. The third-order valence-corrected chi connectivity index (χ3v) is 9.19. The molecule has 0 aromatic heterocycles. The number of carbonyl (C=O) groups is 1. The van der Waals surface area contributed by atoms with Gasteiger partial charge in [0.25, 0.3) is 0 Å². The minimum absolute atomic E-state index is 0.0839. The van der Waals surface area contributed by atoms with E-state index in [-0.39, 0.29) is 11.9 Å². The molecule has 2 saturated heterocycles. The lowest BCUT2D eigenvalue weighted by Gasteiger charge is -2.54. The molecule has 2 bridgehead atoms. The topological polar surface area (TPSA) is 32.8 Å². The Bertz CT molecular complexity index is 772. The van der Waals surface area contributed by atoms with Crippen LogP contribution >= 0.6 is 0 Å². The molecule has 1 aliphatic carbocycles. The van der Waals surface area contributed by atoms with Crippen LogP contribution in [0.4, 0.5) is 5.69 Å². The van der Waals surface area contributed by atoms with Crippen molar-refractivity contribution in [3.63, 3.8) is 0 Å². The third kappa shape index (κ3) is 5.11. The second kappa shape index (κ2) is 10.8. The van der Waals surface area contributed by atoms with E-state index in [1.165, 1.54) is 108 Å². The summed E-state index contributed by atoms with van der Waals surface area (Å²) in [5.74, 6) is 0.184. The van der Waals surface area contributed by atoms with Gasteiger partial charge in [0.15, 0.2) is 0 Å². The van der Waals surface area contributed by atoms with Crippen molar-refractivity contribution in [2.24, 2.45) is 0 Å². The predicted molar refractivity (Wildman–Crippen MR) is 135 cm³/mol. The van der Waals surface area contributed by atoms with Crippen LogP contribution in [0.25, 0.3) is 0 Å². The van der Waals surface area contributed by atoms with Crippen molar-refractivity contribution in [1.82, 2.24) is 4.90 Å². The number of methoxy groups -OCH3 is 1. The number of benzene rings is 1. The predicted octanol–water partition coefficient (Wildman–Crippen LogP) is 6.43. The number of piperidine rings is 2. The maximum absolute atomic E-state index is 12.1. The minimum atomic E-state index is -0.0839. The summed E-state index contributed by atoms with van der Waals surface area (Å²) in [5.41, 5.74) is 2.73. The van der Waals surface area contributed by atoms with E-state index >= 15 is 0 Å². The molecular weight excluding hydrogens is 408 g/mol. The first-order valence-electron chi connectivity index (χ1n) is 13.9. The van der Waals surface area contributed by atoms with Crippen LogP contribution in [0.2, 0.25) is 0 Å². The average molecular weight is 453 g/mol. The molecule has 0 radical (unpaired) electrons. The molecule has 4 nitrogen and oxygen atoms in total. The molecule has 3 aliphatic heterocycles. The number of fused-ring (bicyclic) bond motifs is 3. The smallest absolute Gasteiger partial charge is 0.306 e. The molecule has 3 heterocycles. The monoisotopic (exact) mass is 452 g/mol. The van der Waals surface area contributed by atoms with Gasteiger partial charge in [0.2, 0.25) is 0 Å². The van der Waals surface area contributed by atoms with Crippen LogP contribution < -0.4 is 4.90 Å². The Hall–Kier alpha value is -1.55. The molecule has 0 amide bonds. The summed E-state index contributed by atoms with van der Waals surface area (Å²) in [5, 5.41) is 0. The Morgan fingerprint density at radius 2 is 1.42 bits per heavy atom. The van der Waals surface area contributed by atoms with E-state index < -0.39 is 0 Å². The van der Waals surface area contributed by atoms with E-state index in [0.29, 0.717) is 12.5 Å². The maximum Gasteiger partial charge on any atom is 0.306 e. The Kier molecular flexibility index (Phi) is 7.59. The van der Waals surface area contributed by atoms with Gasteiger partial charge in [0.05, 0.1) is 13.5 Å². The van der Waals surface area contributed by atoms with E-state index in [1.54, 1.807) is 0 Å². The largest absolute Gasteiger partial charge is 0.469 e. The number of nitrogens with zero attached hydrogens (tertiary/aromatic N) is 2. The number of hydrogen-bond acceptors (Lipinski definition) is 4. The normalized spacial score (nSPS) is 31.7. The fraction of sp³-hybridized carbons (Fsp3) is 0.759. The number of ether oxygens (including phenoxy) is 1. The highest BCUT2D eigenvalue weighted by Gasteiger charge is 2.44. The lowest BCUT2D eigenvalue weighted by atomic mass is 9.78. The summed E-state index contributed by atoms with van der Waals surface area (Å²) in [7, 11) is 1.51. The molecule has 33 heavy (non-hydrogen) atoms. The van der Waals surface area contributed by atoms with Gasteiger partial charge in [-0.2, -0.15) is 0 Å². The summed E-state index contributed by atoms with van der Waals surface area (Å²) < 4.78 is 5.02. The van der Waals surface area contributed by atoms with Crippen LogP contribution in [0.1, 0.15) is 108 Å². The molecule has 0 N–H and O–H groups in total. The summed E-state index contributed by atoms with van der Waals surface area (Å²) in [6.45, 7) is 0.974. The molecule has 4 aliphatic rings. The number of hydrogen-bond donors (Lipinski definition) is 0. The Labute approximate surface area is 201 Å². The van der Waals surface area contributed by atoms with E-state index in [1.807, 2.05) is 0 Å². The van der Waals surface area contributed by atoms with Gasteiger partial charge < -0.3 is 9.64 Å². The number of esters is 1. The van der Waals surface area contributed by atoms with Gasteiger partial charge in [-0.25, -0.2) is 0 Å². The first-order chi connectivity index (χ1) is 16.2. The maximum atomic E-state index is 12.1. The first-order valence-corrected chi connectivity index (χ1v) is 13.9. The van der Waals surface area contributed by atoms with Gasteiger partial charge in [0, 0.05) is 42.3 Å². The second-order valence-electron chi connectivity index (χ2n) is 11.2. The summed E-state index contributed by atoms with van der Waals surface area (Å²) >= 11 is 0. The lowest BCUT2D eigenvalue weighted by Crippen LogP contribution is -2.60. The SMILES string of the molecule is COC(=O)CC1CN(C2CC3CCC[C@@H](C2)N3C2CCCCCCCCC2)c2ccccc21. The van der Waals surface area contributed by atoms with Crippen LogP contribution in [0, 0.1) is 0 Å². The standard InChI is InChI=1S/C29H44N2O2/c1-33-29(32)18-22-21-30(28-17-10-9-16-27(22)28)26-19-24-14-11-15-25(20-26)31(24)23-12-7-5-3-2-4-6-8-13-23/h9-10,16-17,22-26H,2-8,11-15,18-21H2,1H3/t22?,24-,25?,26?/m0/s1. The zero-order chi connectivity index (χ0) is 22.6. The molecule has 182 valence electrons. The van der Waals surface area contributed by atoms with E-state index in [9.17, 15) is 4.79 Å². The van der Waals surface area contributed by atoms with Crippen molar-refractivity contribution < 1.29 is 9.53 Å². The minimum Gasteiger partial charge on any atom is -0.469 e. The van der Waals surface area contributed by atoms with Crippen molar-refractivity contribution in [2.75, 3.05) is 18.6 Å². The Morgan fingerprint density at radius 3 is 2.09 bits per heavy atom. The molecule has 3 unspecified atom stereocenters. The fourth-order valence-corrected chi connectivity index (χ4v) is 7.66. The van der Waals surface area contributed by atoms with Crippen LogP contribution in [0.15, 0.2) is 24.3 Å². The van der Waals surface area contributed by atoms with Gasteiger partial charge in [-0.1, -0.05) is 69.6 Å². The van der Waals surface area contributed by atoms with Crippen LogP contribution in [-0.4, -0.2) is 48.7 Å². The molecule has 0 spiro atoms. The Balaban J connectivity index is 1.31. The van der Waals surface area contributed by atoms with Gasteiger partial charge in [-0.05, 0) is 50.2 Å². The molecule has 4 atom stereocenters. The van der Waals surface area contributed by atoms with Gasteiger partial charge in [-0.15, -0.1) is 0 Å². The van der Waals surface area contributed by atoms with Crippen molar-refractivity contribution in [3.8, 4) is 0 Å². The van der Waals surface area contributed by atoms with Gasteiger partial charge in [0.1, 0.15) is 0 Å². The van der Waals surface area contributed by atoms with Crippen LogP contribution in [-0.2, 0) is 9.53 Å². The fourth-order valence-electron chi connectivity index (χ4n) is 7.66. The van der Waals surface area contributed by atoms with Gasteiger partial charge in [-0.3, -0.25) is 9.69 Å². The second-order valence-corrected chi connectivity index (χ2v) is 11.2. The highest BCUT2D eigenvalue weighted by molar-refractivity contribution is 5.73. The van der Waals surface area contributed by atoms with E-state index in [0.717, 1.165) is 24.7 Å². The van der Waals surface area contributed by atoms with Crippen molar-refractivity contribution in [3.05, 3.63) is 29.8 Å². The lowest BCUT2D eigenvalue weighted by molar-refractivity contribution is -0.141. The molecule has 5 rings (SSSR count). The van der Waals surface area contributed by atoms with Crippen molar-refractivity contribution in [2.45, 2.75) is 126 Å².